The number of Topliss-reactive ketones (excluding diaryl/α,β-unsaturated/α-hetero) is 1. The topological polar surface area (TPSA) is 43.4 Å². The molecule has 0 aromatic rings. The SMILES string of the molecule is CC(=O)CCCCCCCCC(C)OC(C)=O. The molecule has 0 spiro atoms. The lowest BCUT2D eigenvalue weighted by molar-refractivity contribution is -0.145. The third-order valence-corrected chi connectivity index (χ3v) is 2.76. The Morgan fingerprint density at radius 2 is 1.47 bits per heavy atom. The van der Waals surface area contributed by atoms with Gasteiger partial charge in [0.15, 0.2) is 0 Å². The Labute approximate surface area is 105 Å². The molecule has 0 aromatic heterocycles. The third kappa shape index (κ3) is 13.1. The molecule has 0 fully saturated rings. The van der Waals surface area contributed by atoms with Gasteiger partial charge >= 0.3 is 5.97 Å². The summed E-state index contributed by atoms with van der Waals surface area (Å²) in [5, 5.41) is 0. The van der Waals surface area contributed by atoms with E-state index in [-0.39, 0.29) is 12.1 Å². The van der Waals surface area contributed by atoms with Gasteiger partial charge < -0.3 is 9.53 Å². The lowest BCUT2D eigenvalue weighted by Gasteiger charge is -2.11. The number of esters is 1. The van der Waals surface area contributed by atoms with Gasteiger partial charge in [-0.25, -0.2) is 0 Å². The van der Waals surface area contributed by atoms with Crippen LogP contribution >= 0.6 is 0 Å². The maximum Gasteiger partial charge on any atom is 0.302 e. The summed E-state index contributed by atoms with van der Waals surface area (Å²) < 4.78 is 5.05. The van der Waals surface area contributed by atoms with Crippen LogP contribution in [0.15, 0.2) is 0 Å². The maximum atomic E-state index is 10.7. The smallest absolute Gasteiger partial charge is 0.302 e. The van der Waals surface area contributed by atoms with Crippen molar-refractivity contribution in [3.8, 4) is 0 Å². The first-order valence-electron chi connectivity index (χ1n) is 6.69. The highest BCUT2D eigenvalue weighted by Crippen LogP contribution is 2.11. The normalized spacial score (nSPS) is 12.2. The molecule has 0 heterocycles. The van der Waals surface area contributed by atoms with E-state index in [2.05, 4.69) is 0 Å². The van der Waals surface area contributed by atoms with Crippen molar-refractivity contribution in [2.75, 3.05) is 0 Å². The molecule has 0 N–H and O–H groups in total. The number of rotatable bonds is 10. The number of ether oxygens (including phenoxy) is 1. The molecule has 3 heteroatoms. The third-order valence-electron chi connectivity index (χ3n) is 2.76. The van der Waals surface area contributed by atoms with E-state index < -0.39 is 0 Å². The van der Waals surface area contributed by atoms with Crippen LogP contribution in [0.4, 0.5) is 0 Å². The summed E-state index contributed by atoms with van der Waals surface area (Å²) >= 11 is 0. The average molecular weight is 242 g/mol. The van der Waals surface area contributed by atoms with E-state index in [4.69, 9.17) is 4.74 Å². The molecular formula is C14H26O3. The molecular weight excluding hydrogens is 216 g/mol. The Kier molecular flexibility index (Phi) is 9.78. The second kappa shape index (κ2) is 10.3. The number of unbranched alkanes of at least 4 members (excludes halogenated alkanes) is 5. The molecule has 100 valence electrons. The molecule has 0 aliphatic heterocycles. The first-order valence-corrected chi connectivity index (χ1v) is 6.69. The fraction of sp³-hybridized carbons (Fsp3) is 0.857. The Balaban J connectivity index is 3.18. The fourth-order valence-corrected chi connectivity index (χ4v) is 1.86. The molecule has 0 aliphatic carbocycles. The van der Waals surface area contributed by atoms with Gasteiger partial charge in [0.05, 0.1) is 6.10 Å². The van der Waals surface area contributed by atoms with E-state index >= 15 is 0 Å². The fourth-order valence-electron chi connectivity index (χ4n) is 1.86. The summed E-state index contributed by atoms with van der Waals surface area (Å²) in [4.78, 5) is 21.4. The van der Waals surface area contributed by atoms with E-state index in [9.17, 15) is 9.59 Å². The minimum absolute atomic E-state index is 0.0465. The van der Waals surface area contributed by atoms with Gasteiger partial charge in [-0.15, -0.1) is 0 Å². The number of ketones is 1. The Morgan fingerprint density at radius 1 is 0.941 bits per heavy atom. The molecule has 0 aromatic carbocycles. The molecule has 0 saturated carbocycles. The van der Waals surface area contributed by atoms with Crippen LogP contribution in [-0.2, 0) is 14.3 Å². The highest BCUT2D eigenvalue weighted by atomic mass is 16.5. The molecule has 0 rings (SSSR count). The molecule has 1 unspecified atom stereocenters. The molecule has 0 bridgehead atoms. The standard InChI is InChI=1S/C14H26O3/c1-12(15)10-8-6-4-5-7-9-11-13(2)17-14(3)16/h13H,4-11H2,1-3H3. The van der Waals surface area contributed by atoms with Crippen LogP contribution in [-0.4, -0.2) is 17.9 Å². The van der Waals surface area contributed by atoms with Crippen molar-refractivity contribution in [2.24, 2.45) is 0 Å². The zero-order valence-electron chi connectivity index (χ0n) is 11.5. The van der Waals surface area contributed by atoms with Gasteiger partial charge in [0.2, 0.25) is 0 Å². The zero-order chi connectivity index (χ0) is 13.1. The minimum Gasteiger partial charge on any atom is -0.463 e. The van der Waals surface area contributed by atoms with Crippen LogP contribution in [0.3, 0.4) is 0 Å². The summed E-state index contributed by atoms with van der Waals surface area (Å²) in [7, 11) is 0. The highest BCUT2D eigenvalue weighted by Gasteiger charge is 2.04. The van der Waals surface area contributed by atoms with Crippen molar-refractivity contribution in [3.05, 3.63) is 0 Å². The van der Waals surface area contributed by atoms with Crippen LogP contribution < -0.4 is 0 Å². The van der Waals surface area contributed by atoms with Crippen molar-refractivity contribution in [1.82, 2.24) is 0 Å². The summed E-state index contributed by atoms with van der Waals surface area (Å²) in [6, 6.07) is 0. The van der Waals surface area contributed by atoms with Crippen molar-refractivity contribution in [2.45, 2.75) is 78.2 Å². The summed E-state index contributed by atoms with van der Waals surface area (Å²) in [5.74, 6) is 0.0990. The molecule has 0 amide bonds. The summed E-state index contributed by atoms with van der Waals surface area (Å²) in [6.45, 7) is 5.04. The molecule has 0 aliphatic rings. The molecule has 3 nitrogen and oxygen atoms in total. The monoisotopic (exact) mass is 242 g/mol. The van der Waals surface area contributed by atoms with Crippen LogP contribution in [0.2, 0.25) is 0 Å². The van der Waals surface area contributed by atoms with E-state index in [1.165, 1.54) is 26.2 Å². The van der Waals surface area contributed by atoms with Crippen molar-refractivity contribution >= 4 is 11.8 Å². The van der Waals surface area contributed by atoms with E-state index in [0.717, 1.165) is 32.1 Å². The second-order valence-electron chi connectivity index (χ2n) is 4.78. The maximum absolute atomic E-state index is 10.7. The van der Waals surface area contributed by atoms with Crippen molar-refractivity contribution in [1.29, 1.82) is 0 Å². The van der Waals surface area contributed by atoms with Gasteiger partial charge in [-0.3, -0.25) is 4.79 Å². The summed E-state index contributed by atoms with van der Waals surface area (Å²) in [6.07, 6.45) is 8.62. The van der Waals surface area contributed by atoms with Crippen LogP contribution in [0, 0.1) is 0 Å². The molecule has 0 radical (unpaired) electrons. The van der Waals surface area contributed by atoms with Gasteiger partial charge in [0.25, 0.3) is 0 Å². The number of carbonyl (C=O) groups excluding carboxylic acids is 2. The molecule has 0 saturated heterocycles. The Morgan fingerprint density at radius 3 is 2.00 bits per heavy atom. The van der Waals surface area contributed by atoms with Crippen LogP contribution in [0.5, 0.6) is 0 Å². The van der Waals surface area contributed by atoms with Crippen LogP contribution in [0.1, 0.15) is 72.1 Å². The van der Waals surface area contributed by atoms with Crippen molar-refractivity contribution in [3.63, 3.8) is 0 Å². The van der Waals surface area contributed by atoms with E-state index in [1.54, 1.807) is 6.92 Å². The first kappa shape index (κ1) is 16.1. The van der Waals surface area contributed by atoms with Gasteiger partial charge in [-0.2, -0.15) is 0 Å². The van der Waals surface area contributed by atoms with Gasteiger partial charge in [0.1, 0.15) is 5.78 Å². The van der Waals surface area contributed by atoms with E-state index in [0.29, 0.717) is 5.78 Å². The Hall–Kier alpha value is -0.860. The van der Waals surface area contributed by atoms with Gasteiger partial charge in [-0.1, -0.05) is 25.7 Å². The number of hydrogen-bond donors (Lipinski definition) is 0. The number of hydrogen-bond acceptors (Lipinski definition) is 3. The van der Waals surface area contributed by atoms with E-state index in [1.807, 2.05) is 6.92 Å². The van der Waals surface area contributed by atoms with Crippen LogP contribution in [0.25, 0.3) is 0 Å². The second-order valence-corrected chi connectivity index (χ2v) is 4.78. The quantitative estimate of drug-likeness (QED) is 0.434. The predicted octanol–water partition coefficient (Wildman–Crippen LogP) is 3.65. The van der Waals surface area contributed by atoms with Gasteiger partial charge in [0, 0.05) is 13.3 Å². The predicted molar refractivity (Wildman–Crippen MR) is 68.8 cm³/mol. The lowest BCUT2D eigenvalue weighted by atomic mass is 10.1. The lowest BCUT2D eigenvalue weighted by Crippen LogP contribution is -2.11. The largest absolute Gasteiger partial charge is 0.463 e. The zero-order valence-corrected chi connectivity index (χ0v) is 11.5. The average Bonchev–Trinajstić information content (AvgIpc) is 2.20. The molecule has 17 heavy (non-hydrogen) atoms. The number of carbonyl (C=O) groups is 2. The Bertz CT molecular complexity index is 224. The van der Waals surface area contributed by atoms with Crippen molar-refractivity contribution < 1.29 is 14.3 Å². The molecule has 1 atom stereocenters. The first-order chi connectivity index (χ1) is 8.02. The summed E-state index contributed by atoms with van der Waals surface area (Å²) in [5.41, 5.74) is 0. The minimum atomic E-state index is -0.193. The van der Waals surface area contributed by atoms with Gasteiger partial charge in [-0.05, 0) is 33.1 Å². The highest BCUT2D eigenvalue weighted by molar-refractivity contribution is 5.75.